The molecule has 0 bridgehead atoms. The van der Waals surface area contributed by atoms with E-state index in [9.17, 15) is 14.0 Å². The fourth-order valence-corrected chi connectivity index (χ4v) is 2.19. The van der Waals surface area contributed by atoms with Crippen molar-refractivity contribution in [1.82, 2.24) is 0 Å². The van der Waals surface area contributed by atoms with Crippen LogP contribution in [0, 0.1) is 5.82 Å². The summed E-state index contributed by atoms with van der Waals surface area (Å²) in [5, 5.41) is 0. The predicted octanol–water partition coefficient (Wildman–Crippen LogP) is 3.69. The van der Waals surface area contributed by atoms with Gasteiger partial charge in [0.25, 0.3) is 0 Å². The summed E-state index contributed by atoms with van der Waals surface area (Å²) in [6.07, 6.45) is 0.0709. The van der Waals surface area contributed by atoms with Gasteiger partial charge in [-0.05, 0) is 30.3 Å². The standard InChI is InChI=1S/C18H17FO4/c1-22-17-9-6-13(11-18(17)23-2)16(21)8-7-15(20)12-4-3-5-14(19)10-12/h3-6,9-11H,7-8H2,1-2H3. The summed E-state index contributed by atoms with van der Waals surface area (Å²) in [5.41, 5.74) is 0.708. The van der Waals surface area contributed by atoms with Gasteiger partial charge in [0.2, 0.25) is 0 Å². The Morgan fingerprint density at radius 1 is 0.870 bits per heavy atom. The van der Waals surface area contributed by atoms with Crippen LogP contribution in [0.3, 0.4) is 0 Å². The van der Waals surface area contributed by atoms with Gasteiger partial charge >= 0.3 is 0 Å². The number of hydrogen-bond acceptors (Lipinski definition) is 4. The van der Waals surface area contributed by atoms with Gasteiger partial charge in [0.1, 0.15) is 5.82 Å². The van der Waals surface area contributed by atoms with Crippen molar-refractivity contribution in [1.29, 1.82) is 0 Å². The van der Waals surface area contributed by atoms with E-state index in [1.165, 1.54) is 38.5 Å². The number of rotatable bonds is 7. The molecule has 4 nitrogen and oxygen atoms in total. The zero-order valence-corrected chi connectivity index (χ0v) is 13.0. The number of hydrogen-bond donors (Lipinski definition) is 0. The van der Waals surface area contributed by atoms with Gasteiger partial charge in [0.15, 0.2) is 23.1 Å². The maximum absolute atomic E-state index is 13.1. The number of carbonyl (C=O) groups excluding carboxylic acids is 2. The lowest BCUT2D eigenvalue weighted by Crippen LogP contribution is -2.06. The zero-order chi connectivity index (χ0) is 16.8. The molecule has 0 heterocycles. The quantitative estimate of drug-likeness (QED) is 0.731. The van der Waals surface area contributed by atoms with Gasteiger partial charge in [0, 0.05) is 24.0 Å². The first-order valence-corrected chi connectivity index (χ1v) is 7.09. The summed E-state index contributed by atoms with van der Waals surface area (Å²) in [6.45, 7) is 0. The minimum absolute atomic E-state index is 0.0244. The van der Waals surface area contributed by atoms with Crippen molar-refractivity contribution in [2.45, 2.75) is 12.8 Å². The molecule has 0 aliphatic carbocycles. The number of methoxy groups -OCH3 is 2. The van der Waals surface area contributed by atoms with E-state index in [0.717, 1.165) is 0 Å². The molecule has 0 N–H and O–H groups in total. The first kappa shape index (κ1) is 16.7. The Morgan fingerprint density at radius 2 is 1.48 bits per heavy atom. The molecule has 0 aromatic heterocycles. The fourth-order valence-electron chi connectivity index (χ4n) is 2.19. The van der Waals surface area contributed by atoms with Crippen LogP contribution >= 0.6 is 0 Å². The van der Waals surface area contributed by atoms with Crippen LogP contribution in [0.15, 0.2) is 42.5 Å². The van der Waals surface area contributed by atoms with Crippen LogP contribution < -0.4 is 9.47 Å². The highest BCUT2D eigenvalue weighted by atomic mass is 19.1. The molecule has 0 saturated heterocycles. The molecule has 0 unspecified atom stereocenters. The summed E-state index contributed by atoms with van der Waals surface area (Å²) < 4.78 is 23.4. The van der Waals surface area contributed by atoms with Crippen molar-refractivity contribution in [3.8, 4) is 11.5 Å². The second kappa shape index (κ2) is 7.54. The first-order valence-electron chi connectivity index (χ1n) is 7.09. The van der Waals surface area contributed by atoms with Crippen molar-refractivity contribution in [2.75, 3.05) is 14.2 Å². The topological polar surface area (TPSA) is 52.6 Å². The molecule has 0 aliphatic heterocycles. The van der Waals surface area contributed by atoms with E-state index in [-0.39, 0.29) is 30.0 Å². The highest BCUT2D eigenvalue weighted by Crippen LogP contribution is 2.28. The number of ketones is 2. The minimum Gasteiger partial charge on any atom is -0.493 e. The Bertz CT molecular complexity index is 725. The lowest BCUT2D eigenvalue weighted by Gasteiger charge is -2.09. The molecule has 2 aromatic carbocycles. The molecule has 0 aliphatic rings. The summed E-state index contributed by atoms with van der Waals surface area (Å²) in [6, 6.07) is 10.3. The van der Waals surface area contributed by atoms with Crippen molar-refractivity contribution >= 4 is 11.6 Å². The Kier molecular flexibility index (Phi) is 5.46. The molecular formula is C18H17FO4. The minimum atomic E-state index is -0.470. The van der Waals surface area contributed by atoms with Crippen molar-refractivity contribution in [2.24, 2.45) is 0 Å². The van der Waals surface area contributed by atoms with Crippen LogP contribution in [0.25, 0.3) is 0 Å². The second-order valence-electron chi connectivity index (χ2n) is 4.93. The number of benzene rings is 2. The van der Waals surface area contributed by atoms with Gasteiger partial charge in [-0.25, -0.2) is 4.39 Å². The maximum Gasteiger partial charge on any atom is 0.163 e. The molecular weight excluding hydrogens is 299 g/mol. The van der Waals surface area contributed by atoms with E-state index in [1.807, 2.05) is 0 Å². The van der Waals surface area contributed by atoms with Gasteiger partial charge in [-0.1, -0.05) is 12.1 Å². The average Bonchev–Trinajstić information content (AvgIpc) is 2.58. The van der Waals surface area contributed by atoms with Gasteiger partial charge in [-0.3, -0.25) is 9.59 Å². The maximum atomic E-state index is 13.1. The molecule has 5 heteroatoms. The Labute approximate surface area is 133 Å². The largest absolute Gasteiger partial charge is 0.493 e. The summed E-state index contributed by atoms with van der Waals surface area (Å²) in [4.78, 5) is 24.2. The van der Waals surface area contributed by atoms with Crippen LogP contribution in [0.5, 0.6) is 11.5 Å². The monoisotopic (exact) mass is 316 g/mol. The third-order valence-electron chi connectivity index (χ3n) is 3.43. The van der Waals surface area contributed by atoms with Crippen LogP contribution in [0.1, 0.15) is 33.6 Å². The van der Waals surface area contributed by atoms with Gasteiger partial charge < -0.3 is 9.47 Å². The lowest BCUT2D eigenvalue weighted by atomic mass is 10.0. The molecule has 2 rings (SSSR count). The van der Waals surface area contributed by atoms with E-state index >= 15 is 0 Å². The number of ether oxygens (including phenoxy) is 2. The van der Waals surface area contributed by atoms with Crippen LogP contribution in [-0.4, -0.2) is 25.8 Å². The van der Waals surface area contributed by atoms with Crippen LogP contribution in [0.4, 0.5) is 4.39 Å². The Morgan fingerprint density at radius 3 is 2.04 bits per heavy atom. The Balaban J connectivity index is 2.03. The second-order valence-corrected chi connectivity index (χ2v) is 4.93. The van der Waals surface area contributed by atoms with E-state index in [2.05, 4.69) is 0 Å². The van der Waals surface area contributed by atoms with E-state index < -0.39 is 5.82 Å². The molecule has 0 saturated carbocycles. The molecule has 0 radical (unpaired) electrons. The lowest BCUT2D eigenvalue weighted by molar-refractivity contribution is 0.0917. The molecule has 0 amide bonds. The molecule has 120 valence electrons. The summed E-state index contributed by atoms with van der Waals surface area (Å²) in [7, 11) is 3.00. The summed E-state index contributed by atoms with van der Waals surface area (Å²) >= 11 is 0. The fraction of sp³-hybridized carbons (Fsp3) is 0.222. The van der Waals surface area contributed by atoms with Crippen molar-refractivity contribution in [3.63, 3.8) is 0 Å². The predicted molar refractivity (Wildman–Crippen MR) is 83.8 cm³/mol. The van der Waals surface area contributed by atoms with Gasteiger partial charge in [0.05, 0.1) is 14.2 Å². The molecule has 0 fully saturated rings. The molecule has 0 spiro atoms. The summed E-state index contributed by atoms with van der Waals surface area (Å²) in [5.74, 6) is 0.0609. The molecule has 23 heavy (non-hydrogen) atoms. The van der Waals surface area contributed by atoms with E-state index in [4.69, 9.17) is 9.47 Å². The normalized spacial score (nSPS) is 10.2. The van der Waals surface area contributed by atoms with Gasteiger partial charge in [-0.2, -0.15) is 0 Å². The Hall–Kier alpha value is -2.69. The van der Waals surface area contributed by atoms with E-state index in [0.29, 0.717) is 17.1 Å². The highest BCUT2D eigenvalue weighted by molar-refractivity contribution is 6.02. The number of Topliss-reactive ketones (excluding diaryl/α,β-unsaturated/α-hetero) is 2. The molecule has 2 aromatic rings. The average molecular weight is 316 g/mol. The highest BCUT2D eigenvalue weighted by Gasteiger charge is 2.14. The SMILES string of the molecule is COc1ccc(C(=O)CCC(=O)c2cccc(F)c2)cc1OC. The van der Waals surface area contributed by atoms with E-state index in [1.54, 1.807) is 18.2 Å². The third kappa shape index (κ3) is 4.16. The van der Waals surface area contributed by atoms with Gasteiger partial charge in [-0.15, -0.1) is 0 Å². The number of halogens is 1. The van der Waals surface area contributed by atoms with Crippen molar-refractivity contribution < 1.29 is 23.5 Å². The van der Waals surface area contributed by atoms with Crippen LogP contribution in [-0.2, 0) is 0 Å². The van der Waals surface area contributed by atoms with Crippen LogP contribution in [0.2, 0.25) is 0 Å². The smallest absolute Gasteiger partial charge is 0.163 e. The van der Waals surface area contributed by atoms with Crippen molar-refractivity contribution in [3.05, 3.63) is 59.4 Å². The molecule has 0 atom stereocenters. The third-order valence-corrected chi connectivity index (χ3v) is 3.43. The number of carbonyl (C=O) groups is 2. The first-order chi connectivity index (χ1) is 11.0. The zero-order valence-electron chi connectivity index (χ0n) is 13.0.